The number of carbonyl (C=O) groups excluding carboxylic acids is 1. The summed E-state index contributed by atoms with van der Waals surface area (Å²) in [6.07, 6.45) is 0.622. The number of thiophene rings is 1. The van der Waals surface area contributed by atoms with Gasteiger partial charge in [0.1, 0.15) is 0 Å². The first-order chi connectivity index (χ1) is 6.77. The molecule has 0 saturated carbocycles. The minimum absolute atomic E-state index is 0.230. The average molecular weight is 213 g/mol. The first-order valence-electron chi connectivity index (χ1n) is 4.09. The van der Waals surface area contributed by atoms with Crippen LogP contribution in [0.3, 0.4) is 0 Å². The zero-order chi connectivity index (χ0) is 10.4. The Morgan fingerprint density at radius 1 is 1.64 bits per heavy atom. The molecule has 0 radical (unpaired) electrons. The summed E-state index contributed by atoms with van der Waals surface area (Å²) >= 11 is 1.47. The van der Waals surface area contributed by atoms with Crippen LogP contribution in [-0.4, -0.2) is 24.0 Å². The van der Waals surface area contributed by atoms with E-state index in [9.17, 15) is 4.79 Å². The fourth-order valence-electron chi connectivity index (χ4n) is 0.988. The molecule has 0 fully saturated rings. The van der Waals surface area contributed by atoms with E-state index in [0.717, 1.165) is 4.88 Å². The standard InChI is InChI=1S/C9H11NO3S/c1-13-9(11)5-4-7(10-12)8-3-2-6-14-8/h2-3,6,12H,4-5H2,1H3/b10-7+. The maximum atomic E-state index is 10.8. The highest BCUT2D eigenvalue weighted by molar-refractivity contribution is 7.12. The fraction of sp³-hybridized carbons (Fsp3) is 0.333. The van der Waals surface area contributed by atoms with Crippen LogP contribution >= 0.6 is 11.3 Å². The van der Waals surface area contributed by atoms with Gasteiger partial charge in [0, 0.05) is 6.42 Å². The minimum Gasteiger partial charge on any atom is -0.469 e. The van der Waals surface area contributed by atoms with E-state index >= 15 is 0 Å². The topological polar surface area (TPSA) is 58.9 Å². The van der Waals surface area contributed by atoms with Crippen LogP contribution in [0.1, 0.15) is 17.7 Å². The van der Waals surface area contributed by atoms with Gasteiger partial charge in [-0.15, -0.1) is 11.3 Å². The van der Waals surface area contributed by atoms with E-state index in [2.05, 4.69) is 9.89 Å². The van der Waals surface area contributed by atoms with Crippen molar-refractivity contribution in [1.82, 2.24) is 0 Å². The monoisotopic (exact) mass is 213 g/mol. The molecule has 0 saturated heterocycles. The molecule has 0 aliphatic carbocycles. The third kappa shape index (κ3) is 2.85. The second-order valence-corrected chi connectivity index (χ2v) is 3.55. The van der Waals surface area contributed by atoms with Crippen LogP contribution in [0.25, 0.3) is 0 Å². The number of rotatable bonds is 4. The van der Waals surface area contributed by atoms with Crippen molar-refractivity contribution in [2.75, 3.05) is 7.11 Å². The molecule has 1 rings (SSSR count). The number of hydrogen-bond donors (Lipinski definition) is 1. The van der Waals surface area contributed by atoms with Crippen LogP contribution in [0.5, 0.6) is 0 Å². The fourth-order valence-corrected chi connectivity index (χ4v) is 1.73. The molecule has 0 aromatic carbocycles. The zero-order valence-corrected chi connectivity index (χ0v) is 8.58. The van der Waals surface area contributed by atoms with Crippen LogP contribution in [0.4, 0.5) is 0 Å². The predicted octanol–water partition coefficient (Wildman–Crippen LogP) is 1.88. The van der Waals surface area contributed by atoms with Crippen LogP contribution < -0.4 is 0 Å². The second kappa shape index (κ2) is 5.39. The lowest BCUT2D eigenvalue weighted by Crippen LogP contribution is -2.05. The molecule has 76 valence electrons. The maximum Gasteiger partial charge on any atom is 0.305 e. The van der Waals surface area contributed by atoms with Crippen molar-refractivity contribution < 1.29 is 14.7 Å². The molecule has 1 heterocycles. The van der Waals surface area contributed by atoms with Crippen molar-refractivity contribution in [3.05, 3.63) is 22.4 Å². The van der Waals surface area contributed by atoms with Crippen molar-refractivity contribution >= 4 is 23.0 Å². The first-order valence-corrected chi connectivity index (χ1v) is 4.97. The van der Waals surface area contributed by atoms with Gasteiger partial charge >= 0.3 is 5.97 Å². The Hall–Kier alpha value is -1.36. The average Bonchev–Trinajstić information content (AvgIpc) is 2.72. The van der Waals surface area contributed by atoms with Gasteiger partial charge in [0.15, 0.2) is 0 Å². The van der Waals surface area contributed by atoms with Gasteiger partial charge in [0.25, 0.3) is 0 Å². The molecule has 5 heteroatoms. The van der Waals surface area contributed by atoms with Gasteiger partial charge in [-0.05, 0) is 11.4 Å². The van der Waals surface area contributed by atoms with Crippen molar-refractivity contribution in [3.63, 3.8) is 0 Å². The van der Waals surface area contributed by atoms with E-state index in [1.807, 2.05) is 17.5 Å². The Bertz CT molecular complexity index is 319. The molecule has 14 heavy (non-hydrogen) atoms. The van der Waals surface area contributed by atoms with Gasteiger partial charge in [0.05, 0.1) is 24.1 Å². The maximum absolute atomic E-state index is 10.8. The SMILES string of the molecule is COC(=O)CC/C(=N\O)c1cccs1. The second-order valence-electron chi connectivity index (χ2n) is 2.60. The van der Waals surface area contributed by atoms with E-state index in [0.29, 0.717) is 12.1 Å². The normalized spacial score (nSPS) is 11.4. The van der Waals surface area contributed by atoms with Crippen molar-refractivity contribution in [3.8, 4) is 0 Å². The van der Waals surface area contributed by atoms with E-state index < -0.39 is 0 Å². The van der Waals surface area contributed by atoms with Gasteiger partial charge in [-0.3, -0.25) is 4.79 Å². The molecule has 0 amide bonds. The van der Waals surface area contributed by atoms with Crippen molar-refractivity contribution in [2.45, 2.75) is 12.8 Å². The quantitative estimate of drug-likeness (QED) is 0.359. The number of nitrogens with zero attached hydrogens (tertiary/aromatic N) is 1. The van der Waals surface area contributed by atoms with E-state index in [-0.39, 0.29) is 12.4 Å². The van der Waals surface area contributed by atoms with E-state index in [1.54, 1.807) is 0 Å². The largest absolute Gasteiger partial charge is 0.469 e. The lowest BCUT2D eigenvalue weighted by molar-refractivity contribution is -0.140. The number of carbonyl (C=O) groups is 1. The molecule has 0 unspecified atom stereocenters. The molecule has 0 aliphatic rings. The number of esters is 1. The Kier molecular flexibility index (Phi) is 4.12. The number of methoxy groups -OCH3 is 1. The molecule has 1 aromatic heterocycles. The lowest BCUT2D eigenvalue weighted by atomic mass is 10.2. The summed E-state index contributed by atoms with van der Waals surface area (Å²) in [6, 6.07) is 3.71. The van der Waals surface area contributed by atoms with Gasteiger partial charge in [0.2, 0.25) is 0 Å². The summed E-state index contributed by atoms with van der Waals surface area (Å²) in [5.74, 6) is -0.303. The summed E-state index contributed by atoms with van der Waals surface area (Å²) in [6.45, 7) is 0. The van der Waals surface area contributed by atoms with Crippen molar-refractivity contribution in [2.24, 2.45) is 5.16 Å². The lowest BCUT2D eigenvalue weighted by Gasteiger charge is -2.00. The smallest absolute Gasteiger partial charge is 0.305 e. The molecular weight excluding hydrogens is 202 g/mol. The predicted molar refractivity (Wildman–Crippen MR) is 53.9 cm³/mol. The molecule has 0 atom stereocenters. The van der Waals surface area contributed by atoms with E-state index in [1.165, 1.54) is 18.4 Å². The Morgan fingerprint density at radius 3 is 2.93 bits per heavy atom. The molecule has 0 aliphatic heterocycles. The number of hydrogen-bond acceptors (Lipinski definition) is 5. The Morgan fingerprint density at radius 2 is 2.43 bits per heavy atom. The summed E-state index contributed by atoms with van der Waals surface area (Å²) in [7, 11) is 1.34. The first kappa shape index (κ1) is 10.7. The molecule has 1 N–H and O–H groups in total. The highest BCUT2D eigenvalue weighted by Gasteiger charge is 2.08. The molecule has 4 nitrogen and oxygen atoms in total. The molecule has 1 aromatic rings. The van der Waals surface area contributed by atoms with Gasteiger partial charge in [-0.2, -0.15) is 0 Å². The third-order valence-corrected chi connectivity index (χ3v) is 2.64. The van der Waals surface area contributed by atoms with Crippen LogP contribution in [0, 0.1) is 0 Å². The number of ether oxygens (including phenoxy) is 1. The van der Waals surface area contributed by atoms with E-state index in [4.69, 9.17) is 5.21 Å². The van der Waals surface area contributed by atoms with Crippen LogP contribution in [-0.2, 0) is 9.53 Å². The molecule has 0 bridgehead atoms. The van der Waals surface area contributed by atoms with Crippen molar-refractivity contribution in [1.29, 1.82) is 0 Å². The minimum atomic E-state index is -0.303. The Balaban J connectivity index is 2.54. The molecular formula is C9H11NO3S. The van der Waals surface area contributed by atoms with Gasteiger partial charge in [-0.25, -0.2) is 0 Å². The zero-order valence-electron chi connectivity index (χ0n) is 7.77. The van der Waals surface area contributed by atoms with Gasteiger partial charge in [-0.1, -0.05) is 11.2 Å². The highest BCUT2D eigenvalue weighted by Crippen LogP contribution is 2.13. The Labute approximate surface area is 85.8 Å². The highest BCUT2D eigenvalue weighted by atomic mass is 32.1. The molecule has 0 spiro atoms. The summed E-state index contributed by atoms with van der Waals surface area (Å²) < 4.78 is 4.49. The van der Waals surface area contributed by atoms with Crippen LogP contribution in [0.15, 0.2) is 22.7 Å². The van der Waals surface area contributed by atoms with Gasteiger partial charge < -0.3 is 9.94 Å². The summed E-state index contributed by atoms with van der Waals surface area (Å²) in [4.78, 5) is 11.7. The third-order valence-electron chi connectivity index (χ3n) is 1.72. The summed E-state index contributed by atoms with van der Waals surface area (Å²) in [5.41, 5.74) is 0.519. The van der Waals surface area contributed by atoms with Crippen LogP contribution in [0.2, 0.25) is 0 Å². The number of oxime groups is 1. The summed E-state index contributed by atoms with van der Waals surface area (Å²) in [5, 5.41) is 13.8.